The van der Waals surface area contributed by atoms with Crippen LogP contribution in [0.5, 0.6) is 5.75 Å². The number of carbonyl (C=O) groups is 1. The van der Waals surface area contributed by atoms with Crippen molar-refractivity contribution >= 4 is 11.7 Å². The molecule has 0 bridgehead atoms. The standard InChI is InChI=1S/C15H21NO3/c1-11-8-9-15(10-11,14(17)19-3)16-12-6-4-5-7-13(12)18-2/h4-7,11,16H,8-10H2,1-3H3. The van der Waals surface area contributed by atoms with Gasteiger partial charge in [-0.15, -0.1) is 0 Å². The van der Waals surface area contributed by atoms with Gasteiger partial charge in [-0.25, -0.2) is 4.79 Å². The zero-order chi connectivity index (χ0) is 13.9. The maximum Gasteiger partial charge on any atom is 0.331 e. The van der Waals surface area contributed by atoms with E-state index in [-0.39, 0.29) is 5.97 Å². The number of rotatable bonds is 4. The van der Waals surface area contributed by atoms with Gasteiger partial charge >= 0.3 is 5.97 Å². The summed E-state index contributed by atoms with van der Waals surface area (Å²) < 4.78 is 10.3. The van der Waals surface area contributed by atoms with E-state index in [4.69, 9.17) is 9.47 Å². The number of nitrogens with one attached hydrogen (secondary N) is 1. The molecule has 2 unspecified atom stereocenters. The van der Waals surface area contributed by atoms with Crippen LogP contribution in [0.2, 0.25) is 0 Å². The molecule has 0 aliphatic heterocycles. The van der Waals surface area contributed by atoms with Crippen LogP contribution in [0.1, 0.15) is 26.2 Å². The minimum atomic E-state index is -0.622. The minimum Gasteiger partial charge on any atom is -0.495 e. The molecule has 1 saturated carbocycles. The number of hydrogen-bond acceptors (Lipinski definition) is 4. The van der Waals surface area contributed by atoms with Crippen LogP contribution in [0.25, 0.3) is 0 Å². The summed E-state index contributed by atoms with van der Waals surface area (Å²) in [6.07, 6.45) is 2.61. The average Bonchev–Trinajstić information content (AvgIpc) is 2.81. The summed E-state index contributed by atoms with van der Waals surface area (Å²) >= 11 is 0. The first-order valence-electron chi connectivity index (χ1n) is 6.61. The fourth-order valence-corrected chi connectivity index (χ4v) is 2.84. The quantitative estimate of drug-likeness (QED) is 0.849. The van der Waals surface area contributed by atoms with Crippen molar-refractivity contribution in [3.8, 4) is 5.75 Å². The van der Waals surface area contributed by atoms with Crippen LogP contribution in [-0.2, 0) is 9.53 Å². The smallest absolute Gasteiger partial charge is 0.331 e. The second-order valence-corrected chi connectivity index (χ2v) is 5.25. The zero-order valence-corrected chi connectivity index (χ0v) is 11.7. The van der Waals surface area contributed by atoms with Gasteiger partial charge in [-0.2, -0.15) is 0 Å². The number of ether oxygens (including phenoxy) is 2. The highest BCUT2D eigenvalue weighted by Gasteiger charge is 2.45. The number of para-hydroxylation sites is 2. The Morgan fingerprint density at radius 2 is 2.11 bits per heavy atom. The molecule has 1 N–H and O–H groups in total. The molecule has 1 aliphatic carbocycles. The van der Waals surface area contributed by atoms with Gasteiger partial charge in [0.25, 0.3) is 0 Å². The van der Waals surface area contributed by atoms with Gasteiger partial charge in [-0.05, 0) is 37.3 Å². The molecule has 4 nitrogen and oxygen atoms in total. The number of carbonyl (C=O) groups excluding carboxylic acids is 1. The van der Waals surface area contributed by atoms with E-state index < -0.39 is 5.54 Å². The van der Waals surface area contributed by atoms with E-state index in [9.17, 15) is 4.79 Å². The summed E-state index contributed by atoms with van der Waals surface area (Å²) in [6, 6.07) is 7.64. The predicted octanol–water partition coefficient (Wildman–Crippen LogP) is 2.84. The molecule has 104 valence electrons. The third-order valence-corrected chi connectivity index (χ3v) is 3.82. The highest BCUT2D eigenvalue weighted by Crippen LogP contribution is 2.39. The van der Waals surface area contributed by atoms with Crippen LogP contribution >= 0.6 is 0 Å². The van der Waals surface area contributed by atoms with Gasteiger partial charge in [0.1, 0.15) is 11.3 Å². The summed E-state index contributed by atoms with van der Waals surface area (Å²) in [5, 5.41) is 3.36. The lowest BCUT2D eigenvalue weighted by atomic mass is 9.95. The Kier molecular flexibility index (Phi) is 3.98. The molecule has 0 saturated heterocycles. The Hall–Kier alpha value is -1.71. The molecule has 0 aromatic heterocycles. The Morgan fingerprint density at radius 1 is 1.37 bits per heavy atom. The Morgan fingerprint density at radius 3 is 2.68 bits per heavy atom. The van der Waals surface area contributed by atoms with E-state index in [0.29, 0.717) is 5.92 Å². The van der Waals surface area contributed by atoms with E-state index in [1.165, 1.54) is 7.11 Å². The number of benzene rings is 1. The SMILES string of the molecule is COC(=O)C1(Nc2ccccc2OC)CCC(C)C1. The summed E-state index contributed by atoms with van der Waals surface area (Å²) in [5.41, 5.74) is 0.215. The molecule has 0 heterocycles. The maximum absolute atomic E-state index is 12.2. The molecule has 0 radical (unpaired) electrons. The molecular weight excluding hydrogens is 242 g/mol. The van der Waals surface area contributed by atoms with Crippen LogP contribution in [0.15, 0.2) is 24.3 Å². The van der Waals surface area contributed by atoms with E-state index in [1.54, 1.807) is 7.11 Å². The van der Waals surface area contributed by atoms with Gasteiger partial charge in [-0.1, -0.05) is 19.1 Å². The molecule has 19 heavy (non-hydrogen) atoms. The van der Waals surface area contributed by atoms with Crippen molar-refractivity contribution in [1.82, 2.24) is 0 Å². The molecule has 1 aromatic carbocycles. The molecule has 1 fully saturated rings. The number of hydrogen-bond donors (Lipinski definition) is 1. The fraction of sp³-hybridized carbons (Fsp3) is 0.533. The van der Waals surface area contributed by atoms with Crippen LogP contribution in [-0.4, -0.2) is 25.7 Å². The van der Waals surface area contributed by atoms with Gasteiger partial charge < -0.3 is 14.8 Å². The molecular formula is C15H21NO3. The van der Waals surface area contributed by atoms with Crippen molar-refractivity contribution in [2.45, 2.75) is 31.7 Å². The van der Waals surface area contributed by atoms with Crippen molar-refractivity contribution in [1.29, 1.82) is 0 Å². The van der Waals surface area contributed by atoms with Gasteiger partial charge in [0.2, 0.25) is 0 Å². The van der Waals surface area contributed by atoms with Crippen molar-refractivity contribution in [3.05, 3.63) is 24.3 Å². The van der Waals surface area contributed by atoms with Crippen LogP contribution in [0, 0.1) is 5.92 Å². The number of esters is 1. The molecule has 1 aromatic rings. The largest absolute Gasteiger partial charge is 0.495 e. The lowest BCUT2D eigenvalue weighted by molar-refractivity contribution is -0.145. The fourth-order valence-electron chi connectivity index (χ4n) is 2.84. The predicted molar refractivity (Wildman–Crippen MR) is 74.4 cm³/mol. The summed E-state index contributed by atoms with van der Waals surface area (Å²) in [5.74, 6) is 1.06. The van der Waals surface area contributed by atoms with Gasteiger partial charge in [0.15, 0.2) is 0 Å². The molecule has 0 spiro atoms. The monoisotopic (exact) mass is 263 g/mol. The lowest BCUT2D eigenvalue weighted by Gasteiger charge is -2.29. The van der Waals surface area contributed by atoms with Crippen molar-refractivity contribution in [2.75, 3.05) is 19.5 Å². The summed E-state index contributed by atoms with van der Waals surface area (Å²) in [6.45, 7) is 2.16. The zero-order valence-electron chi connectivity index (χ0n) is 11.7. The van der Waals surface area contributed by atoms with E-state index >= 15 is 0 Å². The second kappa shape index (κ2) is 5.51. The van der Waals surface area contributed by atoms with Crippen LogP contribution < -0.4 is 10.1 Å². The maximum atomic E-state index is 12.2. The van der Waals surface area contributed by atoms with Crippen molar-refractivity contribution in [2.24, 2.45) is 5.92 Å². The Balaban J connectivity index is 2.28. The van der Waals surface area contributed by atoms with E-state index in [1.807, 2.05) is 24.3 Å². The number of methoxy groups -OCH3 is 2. The van der Waals surface area contributed by atoms with E-state index in [2.05, 4.69) is 12.2 Å². The first-order chi connectivity index (χ1) is 9.11. The third kappa shape index (κ3) is 2.67. The van der Waals surface area contributed by atoms with E-state index in [0.717, 1.165) is 30.7 Å². The van der Waals surface area contributed by atoms with Gasteiger partial charge in [0, 0.05) is 0 Å². The normalized spacial score (nSPS) is 25.9. The molecule has 0 amide bonds. The molecule has 2 rings (SSSR count). The second-order valence-electron chi connectivity index (χ2n) is 5.25. The Bertz CT molecular complexity index is 460. The topological polar surface area (TPSA) is 47.6 Å². The van der Waals surface area contributed by atoms with Crippen LogP contribution in [0.4, 0.5) is 5.69 Å². The highest BCUT2D eigenvalue weighted by atomic mass is 16.5. The van der Waals surface area contributed by atoms with Crippen LogP contribution in [0.3, 0.4) is 0 Å². The first-order valence-corrected chi connectivity index (χ1v) is 6.61. The molecule has 1 aliphatic rings. The molecule has 2 atom stereocenters. The van der Waals surface area contributed by atoms with Gasteiger partial charge in [0.05, 0.1) is 19.9 Å². The average molecular weight is 263 g/mol. The first kappa shape index (κ1) is 13.7. The van der Waals surface area contributed by atoms with Crippen molar-refractivity contribution in [3.63, 3.8) is 0 Å². The minimum absolute atomic E-state index is 0.192. The number of anilines is 1. The Labute approximate surface area is 114 Å². The lowest BCUT2D eigenvalue weighted by Crippen LogP contribution is -2.45. The van der Waals surface area contributed by atoms with Gasteiger partial charge in [-0.3, -0.25) is 0 Å². The highest BCUT2D eigenvalue weighted by molar-refractivity contribution is 5.85. The molecule has 4 heteroatoms. The third-order valence-electron chi connectivity index (χ3n) is 3.82. The van der Waals surface area contributed by atoms with Crippen molar-refractivity contribution < 1.29 is 14.3 Å². The summed E-state index contributed by atoms with van der Waals surface area (Å²) in [7, 11) is 3.07. The summed E-state index contributed by atoms with van der Waals surface area (Å²) in [4.78, 5) is 12.2.